The molecule has 0 radical (unpaired) electrons. The molecular weight excluding hydrogens is 326 g/mol. The van der Waals surface area contributed by atoms with E-state index in [0.29, 0.717) is 30.4 Å². The van der Waals surface area contributed by atoms with E-state index in [-0.39, 0.29) is 13.1 Å². The molecule has 0 unspecified atom stereocenters. The first kappa shape index (κ1) is 16.7. The molecule has 5 nitrogen and oxygen atoms in total. The fourth-order valence-electron chi connectivity index (χ4n) is 2.70. The zero-order valence-corrected chi connectivity index (χ0v) is 12.8. The van der Waals surface area contributed by atoms with Crippen LogP contribution in [0.1, 0.15) is 0 Å². The maximum atomic E-state index is 13.1. The highest BCUT2D eigenvalue weighted by Crippen LogP contribution is 2.25. The molecule has 24 heavy (non-hydrogen) atoms. The Hall–Kier alpha value is -2.16. The predicted octanol–water partition coefficient (Wildman–Crippen LogP) is 2.23. The summed E-state index contributed by atoms with van der Waals surface area (Å²) in [5.74, 6) is -3.22. The summed E-state index contributed by atoms with van der Waals surface area (Å²) in [4.78, 5) is 11.8. The molecule has 1 aliphatic rings. The smallest absolute Gasteiger partial charge is 0.319 e. The molecule has 0 atom stereocenters. The van der Waals surface area contributed by atoms with Gasteiger partial charge in [-0.25, -0.2) is 13.8 Å². The SMILES string of the molecule is Nc1nc(N2CCN(CC(F)(F)C(F)F)CC2)nc2ccccc12. The van der Waals surface area contributed by atoms with Crippen LogP contribution < -0.4 is 10.6 Å². The van der Waals surface area contributed by atoms with Crippen molar-refractivity contribution in [2.45, 2.75) is 12.3 Å². The first-order valence-electron chi connectivity index (χ1n) is 7.52. The number of nitrogen functional groups attached to an aromatic ring is 1. The molecule has 1 aromatic heterocycles. The second-order valence-corrected chi connectivity index (χ2v) is 5.75. The van der Waals surface area contributed by atoms with Crippen LogP contribution in [0.3, 0.4) is 0 Å². The van der Waals surface area contributed by atoms with E-state index in [1.54, 1.807) is 0 Å². The van der Waals surface area contributed by atoms with Gasteiger partial charge in [0.25, 0.3) is 0 Å². The molecule has 1 saturated heterocycles. The second-order valence-electron chi connectivity index (χ2n) is 5.75. The highest BCUT2D eigenvalue weighted by molar-refractivity contribution is 5.88. The third-order valence-corrected chi connectivity index (χ3v) is 4.03. The summed E-state index contributed by atoms with van der Waals surface area (Å²) in [6, 6.07) is 7.31. The highest BCUT2D eigenvalue weighted by atomic mass is 19.3. The van der Waals surface area contributed by atoms with Gasteiger partial charge in [-0.1, -0.05) is 12.1 Å². The zero-order chi connectivity index (χ0) is 17.3. The van der Waals surface area contributed by atoms with Crippen molar-refractivity contribution in [2.75, 3.05) is 43.4 Å². The molecule has 0 aliphatic carbocycles. The number of nitrogens with two attached hydrogens (primary N) is 1. The van der Waals surface area contributed by atoms with Gasteiger partial charge in [0.05, 0.1) is 12.1 Å². The lowest BCUT2D eigenvalue weighted by Crippen LogP contribution is -2.51. The van der Waals surface area contributed by atoms with Gasteiger partial charge in [-0.15, -0.1) is 0 Å². The van der Waals surface area contributed by atoms with Gasteiger partial charge in [0.15, 0.2) is 0 Å². The number of rotatable bonds is 4. The third-order valence-electron chi connectivity index (χ3n) is 4.03. The van der Waals surface area contributed by atoms with Crippen LogP contribution in [0.2, 0.25) is 0 Å². The van der Waals surface area contributed by atoms with Crippen LogP contribution in [-0.4, -0.2) is 59.9 Å². The molecule has 2 N–H and O–H groups in total. The average molecular weight is 343 g/mol. The molecule has 0 spiro atoms. The summed E-state index contributed by atoms with van der Waals surface area (Å²) < 4.78 is 50.8. The Morgan fingerprint density at radius 2 is 1.75 bits per heavy atom. The number of piperazine rings is 1. The van der Waals surface area contributed by atoms with Gasteiger partial charge >= 0.3 is 12.3 Å². The molecule has 0 bridgehead atoms. The Labute approximate surface area is 136 Å². The fraction of sp³-hybridized carbons (Fsp3) is 0.467. The summed E-state index contributed by atoms with van der Waals surface area (Å²) >= 11 is 0. The van der Waals surface area contributed by atoms with Gasteiger partial charge in [-0.05, 0) is 12.1 Å². The molecule has 0 amide bonds. The van der Waals surface area contributed by atoms with Gasteiger partial charge in [0, 0.05) is 31.6 Å². The van der Waals surface area contributed by atoms with E-state index in [2.05, 4.69) is 9.97 Å². The predicted molar refractivity (Wildman–Crippen MR) is 83.6 cm³/mol. The van der Waals surface area contributed by atoms with Crippen LogP contribution in [0.25, 0.3) is 10.9 Å². The second kappa shape index (κ2) is 6.39. The summed E-state index contributed by atoms with van der Waals surface area (Å²) in [5, 5.41) is 0.747. The Morgan fingerprint density at radius 3 is 2.42 bits per heavy atom. The number of fused-ring (bicyclic) bond motifs is 1. The van der Waals surface area contributed by atoms with Crippen molar-refractivity contribution < 1.29 is 17.6 Å². The quantitative estimate of drug-likeness (QED) is 0.863. The Morgan fingerprint density at radius 1 is 1.08 bits per heavy atom. The van der Waals surface area contributed by atoms with Gasteiger partial charge in [-0.3, -0.25) is 4.90 Å². The van der Waals surface area contributed by atoms with Crippen molar-refractivity contribution in [3.63, 3.8) is 0 Å². The minimum absolute atomic E-state index is 0.235. The van der Waals surface area contributed by atoms with E-state index in [9.17, 15) is 17.6 Å². The molecule has 130 valence electrons. The van der Waals surface area contributed by atoms with Crippen molar-refractivity contribution in [1.82, 2.24) is 14.9 Å². The minimum Gasteiger partial charge on any atom is -0.383 e. The lowest BCUT2D eigenvalue weighted by molar-refractivity contribution is -0.142. The lowest BCUT2D eigenvalue weighted by atomic mass is 10.2. The third kappa shape index (κ3) is 3.35. The number of hydrogen-bond donors (Lipinski definition) is 1. The Kier molecular flexibility index (Phi) is 4.44. The fourth-order valence-corrected chi connectivity index (χ4v) is 2.70. The van der Waals surface area contributed by atoms with E-state index in [1.807, 2.05) is 29.2 Å². The largest absolute Gasteiger partial charge is 0.383 e. The first-order valence-corrected chi connectivity index (χ1v) is 7.52. The number of benzene rings is 1. The Balaban J connectivity index is 1.69. The maximum absolute atomic E-state index is 13.1. The number of alkyl halides is 4. The van der Waals surface area contributed by atoms with Gasteiger partial charge in [-0.2, -0.15) is 13.8 Å². The molecule has 9 heteroatoms. The maximum Gasteiger partial charge on any atom is 0.319 e. The Bertz CT molecular complexity index is 716. The average Bonchev–Trinajstić information content (AvgIpc) is 2.55. The topological polar surface area (TPSA) is 58.3 Å². The number of aromatic nitrogens is 2. The molecule has 1 aromatic carbocycles. The van der Waals surface area contributed by atoms with E-state index in [0.717, 1.165) is 5.39 Å². The number of hydrogen-bond acceptors (Lipinski definition) is 5. The van der Waals surface area contributed by atoms with Gasteiger partial charge in [0.2, 0.25) is 5.95 Å². The molecule has 0 saturated carbocycles. The van der Waals surface area contributed by atoms with E-state index in [4.69, 9.17) is 5.73 Å². The molecule has 3 rings (SSSR count). The van der Waals surface area contributed by atoms with Crippen LogP contribution in [0, 0.1) is 0 Å². The normalized spacial score (nSPS) is 17.0. The standard InChI is InChI=1S/C15H17F4N5/c16-13(17)15(18,19)9-23-5-7-24(8-6-23)14-21-11-4-2-1-3-10(11)12(20)22-14/h1-4,13H,5-9H2,(H2,20,21,22). The van der Waals surface area contributed by atoms with Gasteiger partial charge < -0.3 is 10.6 Å². The first-order chi connectivity index (χ1) is 11.4. The van der Waals surface area contributed by atoms with Crippen LogP contribution in [0.4, 0.5) is 29.3 Å². The van der Waals surface area contributed by atoms with Crippen molar-refractivity contribution in [3.8, 4) is 0 Å². The van der Waals surface area contributed by atoms with Crippen LogP contribution in [0.5, 0.6) is 0 Å². The molecule has 1 fully saturated rings. The van der Waals surface area contributed by atoms with Crippen molar-refractivity contribution >= 4 is 22.7 Å². The van der Waals surface area contributed by atoms with E-state index < -0.39 is 18.9 Å². The van der Waals surface area contributed by atoms with E-state index >= 15 is 0 Å². The van der Waals surface area contributed by atoms with Crippen molar-refractivity contribution in [1.29, 1.82) is 0 Å². The number of anilines is 2. The van der Waals surface area contributed by atoms with Crippen LogP contribution in [0.15, 0.2) is 24.3 Å². The number of halogens is 4. The molecule has 1 aliphatic heterocycles. The summed E-state index contributed by atoms with van der Waals surface area (Å²) in [5.41, 5.74) is 6.64. The molecular formula is C15H17F4N5. The monoisotopic (exact) mass is 343 g/mol. The summed E-state index contributed by atoms with van der Waals surface area (Å²) in [6.45, 7) is 0.268. The van der Waals surface area contributed by atoms with Crippen LogP contribution in [-0.2, 0) is 0 Å². The number of para-hydroxylation sites is 1. The molecule has 2 heterocycles. The zero-order valence-electron chi connectivity index (χ0n) is 12.8. The van der Waals surface area contributed by atoms with E-state index in [1.165, 1.54) is 4.90 Å². The number of nitrogens with zero attached hydrogens (tertiary/aromatic N) is 4. The van der Waals surface area contributed by atoms with Gasteiger partial charge in [0.1, 0.15) is 5.82 Å². The summed E-state index contributed by atoms with van der Waals surface area (Å²) in [6.07, 6.45) is -3.65. The molecule has 2 aromatic rings. The highest BCUT2D eigenvalue weighted by Gasteiger charge is 2.42. The minimum atomic E-state index is -3.99. The summed E-state index contributed by atoms with van der Waals surface area (Å²) in [7, 11) is 0. The van der Waals surface area contributed by atoms with Crippen LogP contribution >= 0.6 is 0 Å². The van der Waals surface area contributed by atoms with Crippen molar-refractivity contribution in [3.05, 3.63) is 24.3 Å². The lowest BCUT2D eigenvalue weighted by Gasteiger charge is -2.36. The van der Waals surface area contributed by atoms with Crippen molar-refractivity contribution in [2.24, 2.45) is 0 Å².